The minimum atomic E-state index is -0.705. The molecule has 1 rings (SSSR count). The van der Waals surface area contributed by atoms with Gasteiger partial charge in [0.2, 0.25) is 0 Å². The summed E-state index contributed by atoms with van der Waals surface area (Å²) in [7, 11) is 1.68. The molecule has 0 atom stereocenters. The summed E-state index contributed by atoms with van der Waals surface area (Å²) in [5.41, 5.74) is 0.323. The molecular formula is C12H15N3O4. The molecule has 0 aliphatic heterocycles. The third-order valence-corrected chi connectivity index (χ3v) is 2.15. The van der Waals surface area contributed by atoms with E-state index in [4.69, 9.17) is 4.74 Å². The average Bonchev–Trinajstić information content (AvgIpc) is 2.79. The SMILES string of the molecule is C=CCNC(=O)NC(=O)COC(=O)c1cccn1C. The maximum atomic E-state index is 11.6. The summed E-state index contributed by atoms with van der Waals surface area (Å²) in [6.07, 6.45) is 3.15. The first kappa shape index (κ1) is 14.5. The van der Waals surface area contributed by atoms with Crippen LogP contribution in [0.5, 0.6) is 0 Å². The van der Waals surface area contributed by atoms with E-state index < -0.39 is 24.5 Å². The molecule has 3 amide bonds. The lowest BCUT2D eigenvalue weighted by Gasteiger charge is -2.06. The molecule has 1 heterocycles. The number of aromatic nitrogens is 1. The molecule has 1 aromatic heterocycles. The first-order valence-corrected chi connectivity index (χ1v) is 5.51. The lowest BCUT2D eigenvalue weighted by atomic mass is 10.4. The number of hydrogen-bond donors (Lipinski definition) is 2. The van der Waals surface area contributed by atoms with E-state index in [2.05, 4.69) is 11.9 Å². The summed E-state index contributed by atoms with van der Waals surface area (Å²) in [4.78, 5) is 34.0. The summed E-state index contributed by atoms with van der Waals surface area (Å²) in [5.74, 6) is -1.33. The number of nitrogens with zero attached hydrogens (tertiary/aromatic N) is 1. The number of amides is 3. The van der Waals surface area contributed by atoms with Gasteiger partial charge >= 0.3 is 12.0 Å². The molecule has 0 aliphatic carbocycles. The van der Waals surface area contributed by atoms with Crippen molar-refractivity contribution in [2.45, 2.75) is 0 Å². The van der Waals surface area contributed by atoms with Gasteiger partial charge in [-0.15, -0.1) is 6.58 Å². The Kier molecular flexibility index (Phi) is 5.34. The summed E-state index contributed by atoms with van der Waals surface area (Å²) in [6, 6.07) is 2.58. The molecule has 2 N–H and O–H groups in total. The number of urea groups is 1. The van der Waals surface area contributed by atoms with E-state index in [-0.39, 0.29) is 6.54 Å². The second kappa shape index (κ2) is 7.00. The molecule has 0 saturated heterocycles. The normalized spacial score (nSPS) is 9.53. The molecule has 7 heteroatoms. The van der Waals surface area contributed by atoms with Crippen LogP contribution >= 0.6 is 0 Å². The van der Waals surface area contributed by atoms with Crippen molar-refractivity contribution in [2.75, 3.05) is 13.2 Å². The van der Waals surface area contributed by atoms with E-state index >= 15 is 0 Å². The standard InChI is InChI=1S/C12H15N3O4/c1-3-6-13-12(18)14-10(16)8-19-11(17)9-5-4-7-15(9)2/h3-5,7H,1,6,8H2,2H3,(H2,13,14,16,18). The van der Waals surface area contributed by atoms with Gasteiger partial charge in [0.25, 0.3) is 5.91 Å². The van der Waals surface area contributed by atoms with Crippen LogP contribution in [0.25, 0.3) is 0 Å². The van der Waals surface area contributed by atoms with Crippen molar-refractivity contribution in [1.29, 1.82) is 0 Å². The van der Waals surface area contributed by atoms with E-state index in [1.165, 1.54) is 6.08 Å². The molecule has 0 saturated carbocycles. The van der Waals surface area contributed by atoms with Crippen LogP contribution in [0, 0.1) is 0 Å². The molecule has 0 aromatic carbocycles. The largest absolute Gasteiger partial charge is 0.451 e. The second-order valence-corrected chi connectivity index (χ2v) is 3.63. The Bertz CT molecular complexity index is 493. The fourth-order valence-corrected chi connectivity index (χ4v) is 1.25. The van der Waals surface area contributed by atoms with Gasteiger partial charge in [-0.25, -0.2) is 9.59 Å². The van der Waals surface area contributed by atoms with E-state index in [1.54, 1.807) is 29.9 Å². The highest BCUT2D eigenvalue weighted by Gasteiger charge is 2.13. The Morgan fingerprint density at radius 1 is 1.47 bits per heavy atom. The van der Waals surface area contributed by atoms with Gasteiger partial charge in [0.1, 0.15) is 5.69 Å². The zero-order valence-electron chi connectivity index (χ0n) is 10.5. The topological polar surface area (TPSA) is 89.4 Å². The number of carbonyl (C=O) groups excluding carboxylic acids is 3. The smallest absolute Gasteiger partial charge is 0.355 e. The van der Waals surface area contributed by atoms with Gasteiger partial charge in [-0.1, -0.05) is 6.08 Å². The first-order valence-electron chi connectivity index (χ1n) is 5.51. The zero-order valence-corrected chi connectivity index (χ0v) is 10.5. The highest BCUT2D eigenvalue weighted by atomic mass is 16.5. The zero-order chi connectivity index (χ0) is 14.3. The monoisotopic (exact) mass is 265 g/mol. The first-order chi connectivity index (χ1) is 9.04. The molecular weight excluding hydrogens is 250 g/mol. The van der Waals surface area contributed by atoms with Crippen molar-refractivity contribution < 1.29 is 19.1 Å². The minimum Gasteiger partial charge on any atom is -0.451 e. The summed E-state index contributed by atoms with van der Waals surface area (Å²) in [5, 5.41) is 4.36. The van der Waals surface area contributed by atoms with Crippen molar-refractivity contribution in [2.24, 2.45) is 7.05 Å². The van der Waals surface area contributed by atoms with Crippen LogP contribution < -0.4 is 10.6 Å². The van der Waals surface area contributed by atoms with Crippen LogP contribution in [0.15, 0.2) is 31.0 Å². The number of imide groups is 1. The fraction of sp³-hybridized carbons (Fsp3) is 0.250. The summed E-state index contributed by atoms with van der Waals surface area (Å²) >= 11 is 0. The van der Waals surface area contributed by atoms with E-state index in [0.717, 1.165) is 0 Å². The lowest BCUT2D eigenvalue weighted by molar-refractivity contribution is -0.123. The summed E-state index contributed by atoms with van der Waals surface area (Å²) < 4.78 is 6.33. The van der Waals surface area contributed by atoms with Crippen LogP contribution in [0.1, 0.15) is 10.5 Å². The molecule has 7 nitrogen and oxygen atoms in total. The molecule has 0 radical (unpaired) electrons. The van der Waals surface area contributed by atoms with E-state index in [1.807, 2.05) is 5.32 Å². The predicted molar refractivity (Wildman–Crippen MR) is 67.4 cm³/mol. The minimum absolute atomic E-state index is 0.238. The molecule has 19 heavy (non-hydrogen) atoms. The van der Waals surface area contributed by atoms with Crippen molar-refractivity contribution >= 4 is 17.9 Å². The van der Waals surface area contributed by atoms with Gasteiger partial charge < -0.3 is 14.6 Å². The third-order valence-electron chi connectivity index (χ3n) is 2.15. The maximum Gasteiger partial charge on any atom is 0.355 e. The Labute approximate surface area is 110 Å². The highest BCUT2D eigenvalue weighted by molar-refractivity contribution is 5.96. The van der Waals surface area contributed by atoms with E-state index in [0.29, 0.717) is 5.69 Å². The van der Waals surface area contributed by atoms with Crippen LogP contribution in [-0.4, -0.2) is 35.6 Å². The van der Waals surface area contributed by atoms with Gasteiger partial charge in [0.05, 0.1) is 0 Å². The molecule has 0 bridgehead atoms. The average molecular weight is 265 g/mol. The number of esters is 1. The molecule has 1 aromatic rings. The van der Waals surface area contributed by atoms with Gasteiger partial charge in [0, 0.05) is 19.8 Å². The number of aryl methyl sites for hydroxylation is 1. The molecule has 102 valence electrons. The number of ether oxygens (including phenoxy) is 1. The van der Waals surface area contributed by atoms with E-state index in [9.17, 15) is 14.4 Å². The highest BCUT2D eigenvalue weighted by Crippen LogP contribution is 2.01. The van der Waals surface area contributed by atoms with Crippen molar-refractivity contribution in [3.8, 4) is 0 Å². The Morgan fingerprint density at radius 2 is 2.21 bits per heavy atom. The molecule has 0 unspecified atom stereocenters. The number of nitrogens with one attached hydrogen (secondary N) is 2. The maximum absolute atomic E-state index is 11.6. The van der Waals surface area contributed by atoms with Crippen molar-refractivity contribution in [3.63, 3.8) is 0 Å². The van der Waals surface area contributed by atoms with Gasteiger partial charge in [-0.05, 0) is 12.1 Å². The Balaban J connectivity index is 2.34. The molecule has 0 spiro atoms. The third kappa shape index (κ3) is 4.66. The lowest BCUT2D eigenvalue weighted by Crippen LogP contribution is -2.41. The second-order valence-electron chi connectivity index (χ2n) is 3.63. The predicted octanol–water partition coefficient (Wildman–Crippen LogP) is 0.194. The number of rotatable bonds is 5. The van der Waals surface area contributed by atoms with Gasteiger partial charge in [-0.2, -0.15) is 0 Å². The number of carbonyl (C=O) groups is 3. The number of hydrogen-bond acceptors (Lipinski definition) is 4. The quantitative estimate of drug-likeness (QED) is 0.587. The van der Waals surface area contributed by atoms with Crippen LogP contribution in [-0.2, 0) is 16.6 Å². The summed E-state index contributed by atoms with van der Waals surface area (Å²) in [6.45, 7) is 3.12. The Morgan fingerprint density at radius 3 is 2.79 bits per heavy atom. The Hall–Kier alpha value is -2.57. The van der Waals surface area contributed by atoms with Gasteiger partial charge in [-0.3, -0.25) is 10.1 Å². The fourth-order valence-electron chi connectivity index (χ4n) is 1.25. The molecule has 0 fully saturated rings. The molecule has 0 aliphatic rings. The van der Waals surface area contributed by atoms with Crippen LogP contribution in [0.2, 0.25) is 0 Å². The van der Waals surface area contributed by atoms with Gasteiger partial charge in [0.15, 0.2) is 6.61 Å². The van der Waals surface area contributed by atoms with Crippen LogP contribution in [0.4, 0.5) is 4.79 Å². The van der Waals surface area contributed by atoms with Crippen LogP contribution in [0.3, 0.4) is 0 Å². The van der Waals surface area contributed by atoms with Crippen molar-refractivity contribution in [3.05, 3.63) is 36.7 Å². The van der Waals surface area contributed by atoms with Crippen molar-refractivity contribution in [1.82, 2.24) is 15.2 Å².